The molecule has 0 amide bonds. The topological polar surface area (TPSA) is 12.5 Å². The van der Waals surface area contributed by atoms with Crippen LogP contribution in [0.2, 0.25) is 0 Å². The molecule has 1 aliphatic rings. The van der Waals surface area contributed by atoms with Crippen LogP contribution in [0.5, 0.6) is 0 Å². The average molecular weight is 250 g/mol. The van der Waals surface area contributed by atoms with Crippen LogP contribution in [-0.4, -0.2) is 12.7 Å². The normalized spacial score (nSPS) is 17.2. The fourth-order valence-electron chi connectivity index (χ4n) is 2.28. The van der Waals surface area contributed by atoms with Gasteiger partial charge in [0.2, 0.25) is 0 Å². The Labute approximate surface area is 114 Å². The molecule has 1 heteroatoms. The van der Waals surface area contributed by atoms with E-state index in [0.29, 0.717) is 6.10 Å². The monoisotopic (exact) mass is 250 g/mol. The van der Waals surface area contributed by atoms with Gasteiger partial charge in [0.15, 0.2) is 0 Å². The minimum Gasteiger partial charge on any atom is -0.373 e. The summed E-state index contributed by atoms with van der Waals surface area (Å²) in [4.78, 5) is 0. The van der Waals surface area contributed by atoms with E-state index in [9.17, 15) is 0 Å². The molecule has 1 atom stereocenters. The van der Waals surface area contributed by atoms with Crippen molar-refractivity contribution in [3.8, 4) is 11.1 Å². The van der Waals surface area contributed by atoms with Gasteiger partial charge in [-0.1, -0.05) is 54.6 Å². The summed E-state index contributed by atoms with van der Waals surface area (Å²) in [5, 5.41) is 0. The second-order valence-corrected chi connectivity index (χ2v) is 5.05. The van der Waals surface area contributed by atoms with Crippen LogP contribution >= 0.6 is 0 Å². The van der Waals surface area contributed by atoms with E-state index in [0.717, 1.165) is 19.4 Å². The zero-order valence-electron chi connectivity index (χ0n) is 11.0. The predicted octanol–water partition coefficient (Wildman–Crippen LogP) is 4.02. The molecule has 0 N–H and O–H groups in total. The van der Waals surface area contributed by atoms with Gasteiger partial charge < -0.3 is 4.74 Å². The number of rotatable bonds is 5. The third kappa shape index (κ3) is 3.12. The highest BCUT2D eigenvalue weighted by Crippen LogP contribution is 2.22. The predicted molar refractivity (Wildman–Crippen MR) is 79.2 cm³/mol. The Hall–Kier alpha value is -1.86. The molecule has 1 aliphatic heterocycles. The molecular formula is C18H18O. The summed E-state index contributed by atoms with van der Waals surface area (Å²) >= 11 is 0. The number of epoxide rings is 1. The minimum atomic E-state index is 0.462. The lowest BCUT2D eigenvalue weighted by atomic mass is 10.0. The van der Waals surface area contributed by atoms with Crippen LogP contribution < -0.4 is 0 Å². The van der Waals surface area contributed by atoms with Crippen LogP contribution in [0.3, 0.4) is 0 Å². The first-order chi connectivity index (χ1) is 9.35. The summed E-state index contributed by atoms with van der Waals surface area (Å²) in [6, 6.07) is 17.5. The maximum atomic E-state index is 5.26. The standard InChI is InChI=1S/C18H18O/c1-2-3-14-4-8-16(9-5-14)17-10-6-15(7-11-17)12-18-13-19-18/h2,4-11,18H,1,3,12-13H2. The number of benzene rings is 2. The Bertz CT molecular complexity index is 547. The van der Waals surface area contributed by atoms with Crippen LogP contribution in [0, 0.1) is 0 Å². The van der Waals surface area contributed by atoms with Crippen molar-refractivity contribution in [3.63, 3.8) is 0 Å². The lowest BCUT2D eigenvalue weighted by Gasteiger charge is -2.05. The first-order valence-electron chi connectivity index (χ1n) is 6.76. The van der Waals surface area contributed by atoms with Crippen molar-refractivity contribution in [3.05, 3.63) is 72.3 Å². The van der Waals surface area contributed by atoms with Crippen molar-refractivity contribution in [1.29, 1.82) is 0 Å². The second kappa shape index (κ2) is 5.41. The van der Waals surface area contributed by atoms with Gasteiger partial charge in [-0.15, -0.1) is 6.58 Å². The van der Waals surface area contributed by atoms with E-state index in [2.05, 4.69) is 55.1 Å². The Morgan fingerprint density at radius 2 is 1.47 bits per heavy atom. The quantitative estimate of drug-likeness (QED) is 0.576. The highest BCUT2D eigenvalue weighted by Gasteiger charge is 2.22. The molecule has 96 valence electrons. The Morgan fingerprint density at radius 1 is 0.947 bits per heavy atom. The number of hydrogen-bond acceptors (Lipinski definition) is 1. The van der Waals surface area contributed by atoms with Gasteiger partial charge >= 0.3 is 0 Å². The van der Waals surface area contributed by atoms with Gasteiger partial charge in [-0.3, -0.25) is 0 Å². The third-order valence-corrected chi connectivity index (χ3v) is 3.49. The molecule has 0 bridgehead atoms. The Kier molecular flexibility index (Phi) is 3.47. The molecule has 0 aliphatic carbocycles. The zero-order chi connectivity index (χ0) is 13.1. The molecule has 1 saturated heterocycles. The highest BCUT2D eigenvalue weighted by molar-refractivity contribution is 5.64. The van der Waals surface area contributed by atoms with Gasteiger partial charge in [0.1, 0.15) is 0 Å². The fourth-order valence-corrected chi connectivity index (χ4v) is 2.28. The number of ether oxygens (including phenoxy) is 1. The van der Waals surface area contributed by atoms with Gasteiger partial charge in [0.25, 0.3) is 0 Å². The SMILES string of the molecule is C=CCc1ccc(-c2ccc(CC3CO3)cc2)cc1. The molecule has 0 aromatic heterocycles. The summed E-state index contributed by atoms with van der Waals surface area (Å²) in [5.74, 6) is 0. The smallest absolute Gasteiger partial charge is 0.0850 e. The molecule has 1 fully saturated rings. The highest BCUT2D eigenvalue weighted by atomic mass is 16.6. The van der Waals surface area contributed by atoms with E-state index >= 15 is 0 Å². The van der Waals surface area contributed by atoms with Crippen molar-refractivity contribution in [2.24, 2.45) is 0 Å². The first kappa shape index (κ1) is 12.2. The number of hydrogen-bond donors (Lipinski definition) is 0. The van der Waals surface area contributed by atoms with Crippen molar-refractivity contribution < 1.29 is 4.74 Å². The summed E-state index contributed by atoms with van der Waals surface area (Å²) < 4.78 is 5.26. The molecule has 0 saturated carbocycles. The second-order valence-electron chi connectivity index (χ2n) is 5.05. The molecular weight excluding hydrogens is 232 g/mol. The molecule has 1 unspecified atom stereocenters. The van der Waals surface area contributed by atoms with E-state index in [-0.39, 0.29) is 0 Å². The van der Waals surface area contributed by atoms with Crippen LogP contribution in [-0.2, 0) is 17.6 Å². The zero-order valence-corrected chi connectivity index (χ0v) is 11.0. The average Bonchev–Trinajstić information content (AvgIpc) is 3.25. The van der Waals surface area contributed by atoms with Gasteiger partial charge in [0.05, 0.1) is 12.7 Å². The van der Waals surface area contributed by atoms with Gasteiger partial charge in [0, 0.05) is 6.42 Å². The van der Waals surface area contributed by atoms with E-state index < -0.39 is 0 Å². The van der Waals surface area contributed by atoms with E-state index in [1.54, 1.807) is 0 Å². The fraction of sp³-hybridized carbons (Fsp3) is 0.222. The molecule has 3 rings (SSSR count). The van der Waals surface area contributed by atoms with E-state index in [4.69, 9.17) is 4.74 Å². The third-order valence-electron chi connectivity index (χ3n) is 3.49. The Morgan fingerprint density at radius 3 is 1.95 bits per heavy atom. The molecule has 2 aromatic rings. The van der Waals surface area contributed by atoms with Crippen molar-refractivity contribution in [2.45, 2.75) is 18.9 Å². The van der Waals surface area contributed by atoms with E-state index in [1.807, 2.05) is 6.08 Å². The molecule has 1 nitrogen and oxygen atoms in total. The largest absolute Gasteiger partial charge is 0.373 e. The summed E-state index contributed by atoms with van der Waals surface area (Å²) in [6.07, 6.45) is 4.37. The number of allylic oxidation sites excluding steroid dienone is 1. The molecule has 0 radical (unpaired) electrons. The Balaban J connectivity index is 1.74. The molecule has 19 heavy (non-hydrogen) atoms. The summed E-state index contributed by atoms with van der Waals surface area (Å²) in [7, 11) is 0. The lowest BCUT2D eigenvalue weighted by molar-refractivity contribution is 0.407. The van der Waals surface area contributed by atoms with Crippen LogP contribution in [0.1, 0.15) is 11.1 Å². The van der Waals surface area contributed by atoms with Crippen molar-refractivity contribution in [1.82, 2.24) is 0 Å². The van der Waals surface area contributed by atoms with Crippen LogP contribution in [0.25, 0.3) is 11.1 Å². The first-order valence-corrected chi connectivity index (χ1v) is 6.76. The maximum Gasteiger partial charge on any atom is 0.0850 e. The molecule has 0 spiro atoms. The maximum absolute atomic E-state index is 5.26. The van der Waals surface area contributed by atoms with Gasteiger partial charge in [-0.25, -0.2) is 0 Å². The van der Waals surface area contributed by atoms with Gasteiger partial charge in [-0.2, -0.15) is 0 Å². The van der Waals surface area contributed by atoms with Crippen LogP contribution in [0.4, 0.5) is 0 Å². The van der Waals surface area contributed by atoms with Crippen molar-refractivity contribution in [2.75, 3.05) is 6.61 Å². The van der Waals surface area contributed by atoms with Crippen molar-refractivity contribution >= 4 is 0 Å². The minimum absolute atomic E-state index is 0.462. The molecule has 2 aromatic carbocycles. The van der Waals surface area contributed by atoms with Gasteiger partial charge in [-0.05, 0) is 28.7 Å². The summed E-state index contributed by atoms with van der Waals surface area (Å²) in [5.41, 5.74) is 5.20. The summed E-state index contributed by atoms with van der Waals surface area (Å²) in [6.45, 7) is 4.69. The molecule has 1 heterocycles. The lowest BCUT2D eigenvalue weighted by Crippen LogP contribution is -1.92. The van der Waals surface area contributed by atoms with Crippen LogP contribution in [0.15, 0.2) is 61.2 Å². The van der Waals surface area contributed by atoms with E-state index in [1.165, 1.54) is 22.3 Å².